The summed E-state index contributed by atoms with van der Waals surface area (Å²) in [6.07, 6.45) is 2.92. The van der Waals surface area contributed by atoms with Crippen LogP contribution in [0.5, 0.6) is 0 Å². The van der Waals surface area contributed by atoms with E-state index in [4.69, 9.17) is 4.74 Å². The fourth-order valence-corrected chi connectivity index (χ4v) is 2.12. The molecule has 0 radical (unpaired) electrons. The van der Waals surface area contributed by atoms with Gasteiger partial charge in [0.25, 0.3) is 0 Å². The van der Waals surface area contributed by atoms with Crippen LogP contribution < -0.4 is 10.2 Å². The zero-order valence-electron chi connectivity index (χ0n) is 11.0. The maximum absolute atomic E-state index is 11.1. The molecule has 2 heterocycles. The fourth-order valence-electron chi connectivity index (χ4n) is 2.12. The number of aromatic nitrogens is 2. The molecule has 19 heavy (non-hydrogen) atoms. The van der Waals surface area contributed by atoms with Crippen molar-refractivity contribution in [3.05, 3.63) is 16.3 Å². The molecule has 0 aromatic carbocycles. The molecule has 8 nitrogen and oxygen atoms in total. The van der Waals surface area contributed by atoms with Crippen molar-refractivity contribution in [3.63, 3.8) is 0 Å². The highest BCUT2D eigenvalue weighted by molar-refractivity contribution is 5.59. The molecule has 0 spiro atoms. The van der Waals surface area contributed by atoms with Crippen molar-refractivity contribution < 1.29 is 9.66 Å². The first-order chi connectivity index (χ1) is 9.13. The molecule has 0 amide bonds. The topological polar surface area (TPSA) is 93.4 Å². The highest BCUT2D eigenvalue weighted by Gasteiger charge is 2.26. The zero-order valence-corrected chi connectivity index (χ0v) is 11.0. The molecule has 1 aromatic rings. The molecule has 0 unspecified atom stereocenters. The Balaban J connectivity index is 2.31. The molecule has 0 atom stereocenters. The summed E-state index contributed by atoms with van der Waals surface area (Å²) < 4.78 is 5.30. The van der Waals surface area contributed by atoms with Crippen molar-refractivity contribution >= 4 is 17.5 Å². The second-order valence-corrected chi connectivity index (χ2v) is 4.36. The van der Waals surface area contributed by atoms with Gasteiger partial charge in [-0.2, -0.15) is 4.98 Å². The summed E-state index contributed by atoms with van der Waals surface area (Å²) in [4.78, 5) is 20.6. The normalized spacial score (nSPS) is 16.1. The third-order valence-electron chi connectivity index (χ3n) is 3.24. The van der Waals surface area contributed by atoms with E-state index in [1.165, 1.54) is 6.20 Å². The van der Waals surface area contributed by atoms with E-state index in [1.54, 1.807) is 7.05 Å². The monoisotopic (exact) mass is 267 g/mol. The van der Waals surface area contributed by atoms with Crippen molar-refractivity contribution in [2.75, 3.05) is 37.5 Å². The first-order valence-electron chi connectivity index (χ1n) is 6.13. The number of nitrogens with one attached hydrogen (secondary N) is 1. The molecule has 0 bridgehead atoms. The van der Waals surface area contributed by atoms with Crippen molar-refractivity contribution in [2.45, 2.75) is 18.9 Å². The summed E-state index contributed by atoms with van der Waals surface area (Å²) in [5.74, 6) is 0.718. The summed E-state index contributed by atoms with van der Waals surface area (Å²) in [7, 11) is 3.50. The Morgan fingerprint density at radius 1 is 1.53 bits per heavy atom. The van der Waals surface area contributed by atoms with Crippen LogP contribution in [0.1, 0.15) is 12.8 Å². The molecule has 0 aliphatic carbocycles. The minimum absolute atomic E-state index is 0.0759. The van der Waals surface area contributed by atoms with Gasteiger partial charge in [0.2, 0.25) is 11.8 Å². The Kier molecular flexibility index (Phi) is 4.10. The van der Waals surface area contributed by atoms with Gasteiger partial charge in [0.15, 0.2) is 0 Å². The third-order valence-corrected chi connectivity index (χ3v) is 3.24. The maximum atomic E-state index is 11.1. The lowest BCUT2D eigenvalue weighted by Gasteiger charge is -2.31. The summed E-state index contributed by atoms with van der Waals surface area (Å²) in [6.45, 7) is 1.35. The number of rotatable bonds is 4. The average Bonchev–Trinajstić information content (AvgIpc) is 2.46. The lowest BCUT2D eigenvalue weighted by Crippen LogP contribution is -2.37. The lowest BCUT2D eigenvalue weighted by atomic mass is 10.1. The van der Waals surface area contributed by atoms with Gasteiger partial charge in [0.1, 0.15) is 6.20 Å². The predicted molar refractivity (Wildman–Crippen MR) is 70.5 cm³/mol. The Hall–Kier alpha value is -1.96. The van der Waals surface area contributed by atoms with Crippen LogP contribution in [0.3, 0.4) is 0 Å². The Labute approximate surface area is 110 Å². The average molecular weight is 267 g/mol. The van der Waals surface area contributed by atoms with E-state index < -0.39 is 4.92 Å². The molecule has 1 fully saturated rings. The minimum atomic E-state index is -0.454. The van der Waals surface area contributed by atoms with Crippen LogP contribution in [-0.4, -0.2) is 48.2 Å². The third kappa shape index (κ3) is 2.90. The van der Waals surface area contributed by atoms with Gasteiger partial charge in [0, 0.05) is 33.4 Å². The molecule has 1 aromatic heterocycles. The standard InChI is InChI=1S/C11H17N5O3/c1-12-11-13-7-9(16(17)18)10(14-11)15(2)8-3-5-19-6-4-8/h7-8H,3-6H2,1-2H3,(H,12,13,14). The van der Waals surface area contributed by atoms with E-state index in [-0.39, 0.29) is 11.7 Å². The summed E-state index contributed by atoms with van der Waals surface area (Å²) in [5, 5.41) is 13.9. The second kappa shape index (κ2) is 5.79. The van der Waals surface area contributed by atoms with E-state index in [1.807, 2.05) is 11.9 Å². The summed E-state index contributed by atoms with van der Waals surface area (Å²) in [5.41, 5.74) is -0.0759. The number of hydrogen-bond acceptors (Lipinski definition) is 7. The van der Waals surface area contributed by atoms with E-state index >= 15 is 0 Å². The predicted octanol–water partition coefficient (Wildman–Crippen LogP) is 1.04. The van der Waals surface area contributed by atoms with Crippen molar-refractivity contribution in [2.24, 2.45) is 0 Å². The first-order valence-corrected chi connectivity index (χ1v) is 6.13. The van der Waals surface area contributed by atoms with Crippen LogP contribution in [0.2, 0.25) is 0 Å². The summed E-state index contributed by atoms with van der Waals surface area (Å²) in [6, 6.07) is 0.201. The number of hydrogen-bond donors (Lipinski definition) is 1. The Bertz CT molecular complexity index is 462. The van der Waals surface area contributed by atoms with E-state index in [9.17, 15) is 10.1 Å². The van der Waals surface area contributed by atoms with E-state index in [2.05, 4.69) is 15.3 Å². The van der Waals surface area contributed by atoms with Gasteiger partial charge < -0.3 is 15.0 Å². The van der Waals surface area contributed by atoms with Crippen LogP contribution in [0, 0.1) is 10.1 Å². The van der Waals surface area contributed by atoms with Crippen LogP contribution in [0.4, 0.5) is 17.5 Å². The maximum Gasteiger partial charge on any atom is 0.329 e. The van der Waals surface area contributed by atoms with Gasteiger partial charge in [-0.3, -0.25) is 10.1 Å². The van der Waals surface area contributed by atoms with Gasteiger partial charge in [-0.25, -0.2) is 4.98 Å². The van der Waals surface area contributed by atoms with E-state index in [0.717, 1.165) is 12.8 Å². The van der Waals surface area contributed by atoms with Gasteiger partial charge in [-0.15, -0.1) is 0 Å². The van der Waals surface area contributed by atoms with Gasteiger partial charge in [-0.05, 0) is 12.8 Å². The molecule has 104 valence electrons. The van der Waals surface area contributed by atoms with Crippen LogP contribution in [0.15, 0.2) is 6.20 Å². The molecular formula is C11H17N5O3. The largest absolute Gasteiger partial charge is 0.381 e. The zero-order chi connectivity index (χ0) is 13.8. The SMILES string of the molecule is CNc1ncc([N+](=O)[O-])c(N(C)C2CCOCC2)n1. The quantitative estimate of drug-likeness (QED) is 0.643. The lowest BCUT2D eigenvalue weighted by molar-refractivity contribution is -0.384. The Morgan fingerprint density at radius 2 is 2.21 bits per heavy atom. The molecule has 1 aliphatic heterocycles. The fraction of sp³-hybridized carbons (Fsp3) is 0.636. The van der Waals surface area contributed by atoms with Gasteiger partial charge in [0.05, 0.1) is 4.92 Å². The smallest absolute Gasteiger partial charge is 0.329 e. The molecule has 1 aliphatic rings. The van der Waals surface area contributed by atoms with Gasteiger partial charge in [-0.1, -0.05) is 0 Å². The number of ether oxygens (including phenoxy) is 1. The first kappa shape index (κ1) is 13.5. The van der Waals surface area contributed by atoms with E-state index in [0.29, 0.717) is 25.0 Å². The molecule has 8 heteroatoms. The number of anilines is 2. The molecule has 0 saturated carbocycles. The number of nitro groups is 1. The minimum Gasteiger partial charge on any atom is -0.381 e. The van der Waals surface area contributed by atoms with Crippen molar-refractivity contribution in [1.29, 1.82) is 0 Å². The molecule has 2 rings (SSSR count). The molecular weight excluding hydrogens is 250 g/mol. The molecule has 1 saturated heterocycles. The number of nitrogens with zero attached hydrogens (tertiary/aromatic N) is 4. The van der Waals surface area contributed by atoms with Crippen LogP contribution >= 0.6 is 0 Å². The summed E-state index contributed by atoms with van der Waals surface area (Å²) >= 11 is 0. The highest BCUT2D eigenvalue weighted by Crippen LogP contribution is 2.28. The Morgan fingerprint density at radius 3 is 2.79 bits per heavy atom. The second-order valence-electron chi connectivity index (χ2n) is 4.36. The molecule has 1 N–H and O–H groups in total. The van der Waals surface area contributed by atoms with Gasteiger partial charge >= 0.3 is 5.69 Å². The van der Waals surface area contributed by atoms with Crippen LogP contribution in [-0.2, 0) is 4.74 Å². The van der Waals surface area contributed by atoms with Crippen LogP contribution in [0.25, 0.3) is 0 Å². The van der Waals surface area contributed by atoms with Crippen molar-refractivity contribution in [1.82, 2.24) is 9.97 Å². The highest BCUT2D eigenvalue weighted by atomic mass is 16.6. The van der Waals surface area contributed by atoms with Crippen molar-refractivity contribution in [3.8, 4) is 0 Å².